The van der Waals surface area contributed by atoms with Gasteiger partial charge in [-0.25, -0.2) is 19.5 Å². The summed E-state index contributed by atoms with van der Waals surface area (Å²) >= 11 is 0. The summed E-state index contributed by atoms with van der Waals surface area (Å²) in [6.07, 6.45) is 0. The molecule has 0 spiro atoms. The Labute approximate surface area is 86.9 Å². The lowest BCUT2D eigenvalue weighted by Gasteiger charge is -1.98. The number of aromatic amines is 1. The number of carboxylic acid groups (broad SMARTS) is 2. The third-order valence-corrected chi connectivity index (χ3v) is 2.08. The van der Waals surface area contributed by atoms with Crippen molar-refractivity contribution in [2.75, 3.05) is 0 Å². The number of carbonyl (C=O) groups is 2. The van der Waals surface area contributed by atoms with Gasteiger partial charge in [0.1, 0.15) is 5.52 Å². The molecule has 0 unspecified atom stereocenters. The van der Waals surface area contributed by atoms with Crippen molar-refractivity contribution in [2.45, 2.75) is 0 Å². The highest BCUT2D eigenvalue weighted by Crippen LogP contribution is 2.17. The maximum atomic E-state index is 11.1. The zero-order chi connectivity index (χ0) is 11.9. The van der Waals surface area contributed by atoms with E-state index in [1.54, 1.807) is 0 Å². The molecule has 0 bridgehead atoms. The van der Waals surface area contributed by atoms with Crippen molar-refractivity contribution in [3.63, 3.8) is 0 Å². The van der Waals surface area contributed by atoms with Crippen molar-refractivity contribution >= 4 is 22.8 Å². The standard InChI is InChI=1S/C9H5NO6/c11-7(12)3-1-4(8(13)14)6-5(2-3)9(15)16-10-6/h1-2,10H,(H,11,12)(H,13,14). The van der Waals surface area contributed by atoms with Gasteiger partial charge >= 0.3 is 17.6 Å². The highest BCUT2D eigenvalue weighted by atomic mass is 16.5. The van der Waals surface area contributed by atoms with Gasteiger partial charge in [0.15, 0.2) is 0 Å². The van der Waals surface area contributed by atoms with Crippen molar-refractivity contribution in [3.05, 3.63) is 33.7 Å². The predicted octanol–water partition coefficient (Wildman–Crippen LogP) is 0.517. The van der Waals surface area contributed by atoms with Crippen LogP contribution in [0.25, 0.3) is 10.9 Å². The second-order valence-corrected chi connectivity index (χ2v) is 3.05. The number of H-pyrrole nitrogens is 1. The molecule has 2 aromatic rings. The summed E-state index contributed by atoms with van der Waals surface area (Å²) in [6.45, 7) is 0. The van der Waals surface area contributed by atoms with E-state index in [1.807, 2.05) is 0 Å². The average Bonchev–Trinajstić information content (AvgIpc) is 2.59. The van der Waals surface area contributed by atoms with E-state index in [0.29, 0.717) is 0 Å². The van der Waals surface area contributed by atoms with Gasteiger partial charge in [-0.05, 0) is 12.1 Å². The zero-order valence-corrected chi connectivity index (χ0v) is 7.68. The Balaban J connectivity index is 2.91. The molecule has 0 fully saturated rings. The molecule has 0 saturated carbocycles. The molecule has 0 aliphatic rings. The van der Waals surface area contributed by atoms with Crippen LogP contribution in [0.2, 0.25) is 0 Å². The normalized spacial score (nSPS) is 10.5. The minimum atomic E-state index is -1.34. The largest absolute Gasteiger partial charge is 0.478 e. The Hall–Kier alpha value is -2.57. The van der Waals surface area contributed by atoms with Crippen molar-refractivity contribution in [2.24, 2.45) is 0 Å². The number of hydrogen-bond acceptors (Lipinski definition) is 4. The highest BCUT2D eigenvalue weighted by molar-refractivity contribution is 6.05. The Bertz CT molecular complexity index is 650. The van der Waals surface area contributed by atoms with Crippen molar-refractivity contribution < 1.29 is 24.3 Å². The van der Waals surface area contributed by atoms with Crippen LogP contribution in [-0.4, -0.2) is 27.3 Å². The fourth-order valence-electron chi connectivity index (χ4n) is 1.36. The van der Waals surface area contributed by atoms with Crippen molar-refractivity contribution in [3.8, 4) is 0 Å². The first-order valence-corrected chi connectivity index (χ1v) is 4.12. The summed E-state index contributed by atoms with van der Waals surface area (Å²) in [5.41, 5.74) is -1.43. The molecule has 0 aliphatic carbocycles. The molecule has 82 valence electrons. The van der Waals surface area contributed by atoms with Gasteiger partial charge in [-0.15, -0.1) is 0 Å². The van der Waals surface area contributed by atoms with E-state index in [0.717, 1.165) is 12.1 Å². The second kappa shape index (κ2) is 3.23. The smallest absolute Gasteiger partial charge is 0.365 e. The minimum Gasteiger partial charge on any atom is -0.478 e. The Morgan fingerprint density at radius 3 is 2.44 bits per heavy atom. The average molecular weight is 223 g/mol. The number of carboxylic acids is 2. The Morgan fingerprint density at radius 1 is 1.19 bits per heavy atom. The van der Waals surface area contributed by atoms with Gasteiger partial charge in [-0.2, -0.15) is 0 Å². The molecule has 0 saturated heterocycles. The summed E-state index contributed by atoms with van der Waals surface area (Å²) in [5.74, 6) is -2.66. The van der Waals surface area contributed by atoms with E-state index in [1.165, 1.54) is 0 Å². The van der Waals surface area contributed by atoms with Crippen LogP contribution < -0.4 is 5.63 Å². The minimum absolute atomic E-state index is 0.0255. The number of benzene rings is 1. The lowest BCUT2D eigenvalue weighted by Crippen LogP contribution is -2.04. The topological polar surface area (TPSA) is 121 Å². The Morgan fingerprint density at radius 2 is 1.88 bits per heavy atom. The molecule has 16 heavy (non-hydrogen) atoms. The van der Waals surface area contributed by atoms with Gasteiger partial charge in [0.05, 0.1) is 16.5 Å². The van der Waals surface area contributed by atoms with E-state index in [2.05, 4.69) is 9.68 Å². The first-order valence-electron chi connectivity index (χ1n) is 4.12. The number of rotatable bonds is 2. The van der Waals surface area contributed by atoms with Crippen molar-refractivity contribution in [1.82, 2.24) is 5.16 Å². The molecule has 2 rings (SSSR count). The molecule has 7 heteroatoms. The second-order valence-electron chi connectivity index (χ2n) is 3.05. The van der Waals surface area contributed by atoms with Crippen LogP contribution in [0, 0.1) is 0 Å². The predicted molar refractivity (Wildman–Crippen MR) is 50.8 cm³/mol. The van der Waals surface area contributed by atoms with Crippen LogP contribution >= 0.6 is 0 Å². The number of hydrogen-bond donors (Lipinski definition) is 3. The van der Waals surface area contributed by atoms with Crippen LogP contribution in [0.15, 0.2) is 21.5 Å². The van der Waals surface area contributed by atoms with Gasteiger partial charge in [0.2, 0.25) is 0 Å². The van der Waals surface area contributed by atoms with Gasteiger partial charge in [0, 0.05) is 0 Å². The molecule has 0 aliphatic heterocycles. The summed E-state index contributed by atoms with van der Waals surface area (Å²) in [7, 11) is 0. The summed E-state index contributed by atoms with van der Waals surface area (Å²) in [6, 6.07) is 2.02. The van der Waals surface area contributed by atoms with Crippen LogP contribution in [-0.2, 0) is 0 Å². The molecule has 1 aromatic carbocycles. The van der Waals surface area contributed by atoms with Crippen molar-refractivity contribution in [1.29, 1.82) is 0 Å². The lowest BCUT2D eigenvalue weighted by atomic mass is 10.1. The number of aromatic carboxylic acids is 2. The van der Waals surface area contributed by atoms with Gasteiger partial charge in [0.25, 0.3) is 0 Å². The molecule has 1 heterocycles. The van der Waals surface area contributed by atoms with Crippen LogP contribution in [0.1, 0.15) is 20.7 Å². The molecule has 7 nitrogen and oxygen atoms in total. The fraction of sp³-hybridized carbons (Fsp3) is 0. The monoisotopic (exact) mass is 223 g/mol. The van der Waals surface area contributed by atoms with Crippen LogP contribution in [0.3, 0.4) is 0 Å². The van der Waals surface area contributed by atoms with E-state index in [9.17, 15) is 14.4 Å². The van der Waals surface area contributed by atoms with Crippen LogP contribution in [0.5, 0.6) is 0 Å². The molecule has 0 amide bonds. The SMILES string of the molecule is O=C(O)c1cc(C(=O)O)c2[nH]oc(=O)c2c1. The summed E-state index contributed by atoms with van der Waals surface area (Å²) < 4.78 is 4.40. The Kier molecular flexibility index (Phi) is 2.01. The molecule has 3 N–H and O–H groups in total. The molecule has 1 aromatic heterocycles. The third kappa shape index (κ3) is 1.34. The van der Waals surface area contributed by atoms with E-state index >= 15 is 0 Å². The fourth-order valence-corrected chi connectivity index (χ4v) is 1.36. The van der Waals surface area contributed by atoms with E-state index in [-0.39, 0.29) is 22.0 Å². The summed E-state index contributed by atoms with van der Waals surface area (Å²) in [4.78, 5) is 32.7. The zero-order valence-electron chi connectivity index (χ0n) is 7.68. The first-order chi connectivity index (χ1) is 7.50. The molecular weight excluding hydrogens is 218 g/mol. The molecular formula is C9H5NO6. The summed E-state index contributed by atoms with van der Waals surface area (Å²) in [5, 5.41) is 19.6. The number of fused-ring (bicyclic) bond motifs is 1. The molecule has 0 atom stereocenters. The lowest BCUT2D eigenvalue weighted by molar-refractivity contribution is 0.0696. The van der Waals surface area contributed by atoms with Gasteiger partial charge < -0.3 is 14.7 Å². The number of nitrogens with one attached hydrogen (secondary N) is 1. The van der Waals surface area contributed by atoms with Gasteiger partial charge in [-0.3, -0.25) is 0 Å². The third-order valence-electron chi connectivity index (χ3n) is 2.08. The van der Waals surface area contributed by atoms with E-state index in [4.69, 9.17) is 10.2 Å². The van der Waals surface area contributed by atoms with Gasteiger partial charge in [-0.1, -0.05) is 0 Å². The maximum Gasteiger partial charge on any atom is 0.365 e. The van der Waals surface area contributed by atoms with Crippen LogP contribution in [0.4, 0.5) is 0 Å². The highest BCUT2D eigenvalue weighted by Gasteiger charge is 2.17. The molecule has 0 radical (unpaired) electrons. The maximum absolute atomic E-state index is 11.1. The van der Waals surface area contributed by atoms with E-state index < -0.39 is 17.6 Å². The number of aromatic nitrogens is 1. The first kappa shape index (κ1) is 9.97. The quantitative estimate of drug-likeness (QED) is 0.682.